The molecule has 0 spiro atoms. The van der Waals surface area contributed by atoms with Gasteiger partial charge in [0.15, 0.2) is 6.29 Å². The molecule has 0 bridgehead atoms. The molecule has 7 unspecified atom stereocenters. The fraction of sp³-hybridized carbons (Fsp3) is 0.810. The second-order valence-corrected chi connectivity index (χ2v) is 19.4. The first-order chi connectivity index (χ1) is 32.8. The monoisotopic (exact) mass is 944 g/mol. The fourth-order valence-electron chi connectivity index (χ4n) is 8.58. The van der Waals surface area contributed by atoms with Crippen molar-refractivity contribution in [1.29, 1.82) is 0 Å². The Morgan fingerprint density at radius 1 is 0.507 bits per heavy atom. The summed E-state index contributed by atoms with van der Waals surface area (Å²) in [5, 5.41) is 54.2. The number of aliphatic hydroxyl groups is 5. The number of aliphatic hydroxyl groups excluding tert-OH is 5. The van der Waals surface area contributed by atoms with E-state index in [9.17, 15) is 30.3 Å². The third-order valence-electron chi connectivity index (χ3n) is 13.0. The van der Waals surface area contributed by atoms with E-state index in [1.165, 1.54) is 161 Å². The molecule has 0 aliphatic carbocycles. The highest BCUT2D eigenvalue weighted by Gasteiger charge is 2.44. The summed E-state index contributed by atoms with van der Waals surface area (Å²) >= 11 is 0. The van der Waals surface area contributed by atoms with Gasteiger partial charge in [0, 0.05) is 6.42 Å². The van der Waals surface area contributed by atoms with Gasteiger partial charge in [0.05, 0.1) is 25.4 Å². The van der Waals surface area contributed by atoms with E-state index < -0.39 is 49.5 Å². The Kier molecular flexibility index (Phi) is 44.7. The summed E-state index contributed by atoms with van der Waals surface area (Å²) in [7, 11) is 0. The third kappa shape index (κ3) is 37.4. The molecule has 67 heavy (non-hydrogen) atoms. The van der Waals surface area contributed by atoms with Crippen LogP contribution >= 0.6 is 0 Å². The number of amides is 1. The van der Waals surface area contributed by atoms with E-state index in [0.717, 1.165) is 64.2 Å². The zero-order valence-electron chi connectivity index (χ0n) is 43.1. The SMILES string of the molecule is CCC/C=C/CC/C=C/CC/C=C/C(O)C(COC1OC(CO)C(O)C(O)C1O)NC(=O)CCCCCCCCCCCCCCCCCCC/C=C\C/C=C\CCCCCCCCCCC. The molecule has 390 valence electrons. The normalized spacial score (nSPS) is 20.1. The Balaban J connectivity index is 2.11. The molecular formula is C58H105NO8. The van der Waals surface area contributed by atoms with E-state index in [-0.39, 0.29) is 12.5 Å². The third-order valence-corrected chi connectivity index (χ3v) is 13.0. The van der Waals surface area contributed by atoms with Crippen LogP contribution in [0.4, 0.5) is 0 Å². The Bertz CT molecular complexity index is 1230. The molecule has 0 radical (unpaired) electrons. The predicted octanol–water partition coefficient (Wildman–Crippen LogP) is 13.5. The van der Waals surface area contributed by atoms with E-state index in [4.69, 9.17) is 9.47 Å². The Hall–Kier alpha value is -2.11. The lowest BCUT2D eigenvalue weighted by Gasteiger charge is -2.40. The molecule has 6 N–H and O–H groups in total. The summed E-state index contributed by atoms with van der Waals surface area (Å²) in [6, 6.07) is -0.828. The van der Waals surface area contributed by atoms with Gasteiger partial charge in [0.25, 0.3) is 0 Å². The van der Waals surface area contributed by atoms with Gasteiger partial charge in [-0.15, -0.1) is 0 Å². The molecule has 9 nitrogen and oxygen atoms in total. The molecule has 0 saturated carbocycles. The minimum Gasteiger partial charge on any atom is -0.394 e. The first-order valence-electron chi connectivity index (χ1n) is 28.0. The van der Waals surface area contributed by atoms with Crippen LogP contribution in [-0.2, 0) is 14.3 Å². The van der Waals surface area contributed by atoms with Gasteiger partial charge in [-0.2, -0.15) is 0 Å². The number of allylic oxidation sites excluding steroid dienone is 9. The van der Waals surface area contributed by atoms with Crippen LogP contribution in [0.1, 0.15) is 245 Å². The molecule has 7 atom stereocenters. The Morgan fingerprint density at radius 2 is 0.925 bits per heavy atom. The first kappa shape index (κ1) is 62.9. The minimum atomic E-state index is -1.57. The van der Waals surface area contributed by atoms with Gasteiger partial charge in [-0.1, -0.05) is 229 Å². The second kappa shape index (κ2) is 47.6. The van der Waals surface area contributed by atoms with Crippen molar-refractivity contribution in [3.63, 3.8) is 0 Å². The summed E-state index contributed by atoms with van der Waals surface area (Å²) in [5.74, 6) is -0.192. The molecule has 0 aromatic rings. The standard InChI is InChI=1S/C58H105NO8/c1-3-5-7-9-11-13-15-16-17-18-19-20-21-22-23-24-25-26-27-28-29-30-31-32-33-34-35-36-38-40-42-44-46-48-54(62)59-51(50-66-58-57(65)56(64)55(63)53(49-60)67-58)52(61)47-45-43-41-39-37-14-12-10-8-6-4-2/h8,10,19-20,22-23,37,39,45,47,51-53,55-58,60-61,63-65H,3-7,9,11-18,21,24-36,38,40-44,46,48-50H2,1-2H3,(H,59,62)/b10-8+,20-19-,23-22-,39-37+,47-45+. The molecule has 1 fully saturated rings. The summed E-state index contributed by atoms with van der Waals surface area (Å²) < 4.78 is 11.2. The zero-order valence-corrected chi connectivity index (χ0v) is 43.1. The van der Waals surface area contributed by atoms with E-state index >= 15 is 0 Å². The Morgan fingerprint density at radius 3 is 1.39 bits per heavy atom. The predicted molar refractivity (Wildman–Crippen MR) is 281 cm³/mol. The van der Waals surface area contributed by atoms with E-state index in [0.29, 0.717) is 6.42 Å². The van der Waals surface area contributed by atoms with Crippen molar-refractivity contribution in [2.45, 2.75) is 288 Å². The number of carbonyl (C=O) groups is 1. The summed E-state index contributed by atoms with van der Waals surface area (Å²) in [6.45, 7) is 3.68. The van der Waals surface area contributed by atoms with Crippen LogP contribution in [-0.4, -0.2) is 87.5 Å². The van der Waals surface area contributed by atoms with Crippen LogP contribution in [0.5, 0.6) is 0 Å². The van der Waals surface area contributed by atoms with E-state index in [2.05, 4.69) is 67.8 Å². The number of hydrogen-bond acceptors (Lipinski definition) is 8. The number of ether oxygens (including phenoxy) is 2. The van der Waals surface area contributed by atoms with Crippen molar-refractivity contribution in [2.24, 2.45) is 0 Å². The van der Waals surface area contributed by atoms with Crippen molar-refractivity contribution < 1.29 is 39.8 Å². The number of hydrogen-bond donors (Lipinski definition) is 6. The van der Waals surface area contributed by atoms with Gasteiger partial charge >= 0.3 is 0 Å². The van der Waals surface area contributed by atoms with E-state index in [1.807, 2.05) is 6.08 Å². The van der Waals surface area contributed by atoms with Crippen LogP contribution in [0.2, 0.25) is 0 Å². The maximum Gasteiger partial charge on any atom is 0.220 e. The molecule has 1 amide bonds. The van der Waals surface area contributed by atoms with Gasteiger partial charge < -0.3 is 40.3 Å². The molecule has 1 saturated heterocycles. The highest BCUT2D eigenvalue weighted by atomic mass is 16.7. The van der Waals surface area contributed by atoms with Crippen molar-refractivity contribution in [1.82, 2.24) is 5.32 Å². The Labute approximate surface area is 411 Å². The molecular weight excluding hydrogens is 839 g/mol. The van der Waals surface area contributed by atoms with E-state index in [1.54, 1.807) is 6.08 Å². The molecule has 0 aromatic carbocycles. The highest BCUT2D eigenvalue weighted by molar-refractivity contribution is 5.76. The average molecular weight is 944 g/mol. The molecule has 1 aliphatic rings. The number of rotatable bonds is 47. The number of nitrogens with one attached hydrogen (secondary N) is 1. The van der Waals surface area contributed by atoms with Gasteiger partial charge in [-0.25, -0.2) is 0 Å². The largest absolute Gasteiger partial charge is 0.394 e. The van der Waals surface area contributed by atoms with Crippen molar-refractivity contribution in [3.8, 4) is 0 Å². The second-order valence-electron chi connectivity index (χ2n) is 19.4. The van der Waals surface area contributed by atoms with Crippen LogP contribution < -0.4 is 5.32 Å². The average Bonchev–Trinajstić information content (AvgIpc) is 3.33. The van der Waals surface area contributed by atoms with Gasteiger partial charge in [0.2, 0.25) is 5.91 Å². The van der Waals surface area contributed by atoms with Gasteiger partial charge in [-0.3, -0.25) is 4.79 Å². The number of carbonyl (C=O) groups excluding carboxylic acids is 1. The topological polar surface area (TPSA) is 149 Å². The lowest BCUT2D eigenvalue weighted by Crippen LogP contribution is -2.60. The molecule has 9 heteroatoms. The van der Waals surface area contributed by atoms with Crippen LogP contribution in [0.15, 0.2) is 60.8 Å². The lowest BCUT2D eigenvalue weighted by molar-refractivity contribution is -0.302. The maximum absolute atomic E-state index is 13.0. The maximum atomic E-state index is 13.0. The summed E-state index contributed by atoms with van der Waals surface area (Å²) in [5.41, 5.74) is 0. The van der Waals surface area contributed by atoms with Gasteiger partial charge in [-0.05, 0) is 70.6 Å². The summed E-state index contributed by atoms with van der Waals surface area (Å²) in [6.07, 6.45) is 57.4. The molecule has 1 heterocycles. The minimum absolute atomic E-state index is 0.192. The smallest absolute Gasteiger partial charge is 0.220 e. The molecule has 0 aromatic heterocycles. The van der Waals surface area contributed by atoms with Crippen molar-refractivity contribution in [3.05, 3.63) is 60.8 Å². The molecule has 1 rings (SSSR count). The summed E-state index contributed by atoms with van der Waals surface area (Å²) in [4.78, 5) is 13.0. The quantitative estimate of drug-likeness (QED) is 0.0261. The van der Waals surface area contributed by atoms with Crippen LogP contribution in [0, 0.1) is 0 Å². The first-order valence-corrected chi connectivity index (χ1v) is 28.0. The highest BCUT2D eigenvalue weighted by Crippen LogP contribution is 2.23. The van der Waals surface area contributed by atoms with Crippen molar-refractivity contribution >= 4 is 5.91 Å². The fourth-order valence-corrected chi connectivity index (χ4v) is 8.58. The number of unbranched alkanes of at least 4 members (excludes halogenated alkanes) is 29. The zero-order chi connectivity index (χ0) is 48.7. The van der Waals surface area contributed by atoms with Crippen LogP contribution in [0.3, 0.4) is 0 Å². The van der Waals surface area contributed by atoms with Crippen LogP contribution in [0.25, 0.3) is 0 Å². The van der Waals surface area contributed by atoms with Crippen molar-refractivity contribution in [2.75, 3.05) is 13.2 Å². The lowest BCUT2D eigenvalue weighted by atomic mass is 9.99. The van der Waals surface area contributed by atoms with Gasteiger partial charge in [0.1, 0.15) is 24.4 Å². The molecule has 1 aliphatic heterocycles.